The fraction of sp³-hybridized carbons (Fsp3) is 0.333. The van der Waals surface area contributed by atoms with Gasteiger partial charge in [0.15, 0.2) is 0 Å². The molecular formula is C15H18N2S2. The van der Waals surface area contributed by atoms with Gasteiger partial charge in [-0.1, -0.05) is 42.5 Å². The number of fused-ring (bicyclic) bond motifs is 1. The van der Waals surface area contributed by atoms with Gasteiger partial charge in [-0.15, -0.1) is 0 Å². The first-order valence-corrected chi connectivity index (χ1v) is 8.73. The van der Waals surface area contributed by atoms with Gasteiger partial charge in [-0.3, -0.25) is 11.3 Å². The molecule has 1 aliphatic rings. The van der Waals surface area contributed by atoms with Gasteiger partial charge in [0.05, 0.1) is 6.04 Å². The number of nitrogens with two attached hydrogens (primary N) is 1. The normalized spacial score (nSPS) is 21.4. The van der Waals surface area contributed by atoms with E-state index in [4.69, 9.17) is 5.84 Å². The van der Waals surface area contributed by atoms with Crippen molar-refractivity contribution in [2.24, 2.45) is 5.84 Å². The Kier molecular flexibility index (Phi) is 4.33. The summed E-state index contributed by atoms with van der Waals surface area (Å²) in [6.45, 7) is 0. The van der Waals surface area contributed by atoms with Gasteiger partial charge >= 0.3 is 0 Å². The minimum absolute atomic E-state index is 0.226. The van der Waals surface area contributed by atoms with Crippen LogP contribution in [0.5, 0.6) is 0 Å². The molecule has 2 nitrogen and oxygen atoms in total. The van der Waals surface area contributed by atoms with Crippen LogP contribution in [0.2, 0.25) is 0 Å². The number of hydrogen-bond donors (Lipinski definition) is 2. The van der Waals surface area contributed by atoms with Crippen molar-refractivity contribution in [1.82, 2.24) is 5.43 Å². The van der Waals surface area contributed by atoms with Crippen LogP contribution in [-0.4, -0.2) is 22.5 Å². The first kappa shape index (κ1) is 13.3. The Hall–Kier alpha value is -0.680. The SMILES string of the molecule is NNC(c1cccc2ccccc12)C1CSCCS1. The van der Waals surface area contributed by atoms with Crippen molar-refractivity contribution in [2.75, 3.05) is 17.3 Å². The van der Waals surface area contributed by atoms with Crippen LogP contribution in [0.3, 0.4) is 0 Å². The molecule has 4 heteroatoms. The van der Waals surface area contributed by atoms with E-state index in [0.717, 1.165) is 0 Å². The molecular weight excluding hydrogens is 272 g/mol. The average Bonchev–Trinajstić information content (AvgIpc) is 2.49. The second-order valence-corrected chi connectivity index (χ2v) is 7.19. The lowest BCUT2D eigenvalue weighted by atomic mass is 9.97. The van der Waals surface area contributed by atoms with E-state index in [1.54, 1.807) is 0 Å². The summed E-state index contributed by atoms with van der Waals surface area (Å²) in [5.74, 6) is 9.50. The van der Waals surface area contributed by atoms with Crippen LogP contribution in [0.1, 0.15) is 11.6 Å². The summed E-state index contributed by atoms with van der Waals surface area (Å²) in [6, 6.07) is 15.3. The lowest BCUT2D eigenvalue weighted by Crippen LogP contribution is -2.37. The van der Waals surface area contributed by atoms with Crippen molar-refractivity contribution < 1.29 is 0 Å². The molecule has 1 saturated heterocycles. The second kappa shape index (κ2) is 6.18. The highest BCUT2D eigenvalue weighted by molar-refractivity contribution is 8.06. The topological polar surface area (TPSA) is 38.0 Å². The van der Waals surface area contributed by atoms with Crippen LogP contribution in [0.4, 0.5) is 0 Å². The predicted molar refractivity (Wildman–Crippen MR) is 87.6 cm³/mol. The zero-order chi connectivity index (χ0) is 13.1. The van der Waals surface area contributed by atoms with Gasteiger partial charge in [0.1, 0.15) is 0 Å². The smallest absolute Gasteiger partial charge is 0.0592 e. The summed E-state index contributed by atoms with van der Waals surface area (Å²) in [5, 5.41) is 3.15. The third-order valence-electron chi connectivity index (χ3n) is 3.55. The first-order chi connectivity index (χ1) is 9.40. The molecule has 2 atom stereocenters. The third kappa shape index (κ3) is 2.77. The van der Waals surface area contributed by atoms with Crippen LogP contribution in [-0.2, 0) is 0 Å². The molecule has 0 radical (unpaired) electrons. The molecule has 0 aromatic heterocycles. The van der Waals surface area contributed by atoms with Gasteiger partial charge < -0.3 is 0 Å². The maximum absolute atomic E-state index is 5.85. The highest BCUT2D eigenvalue weighted by Crippen LogP contribution is 2.35. The standard InChI is InChI=1S/C15H18N2S2/c16-17-15(14-10-18-8-9-19-14)13-7-3-5-11-4-1-2-6-12(11)13/h1-7,14-15,17H,8-10,16H2. The first-order valence-electron chi connectivity index (χ1n) is 6.53. The molecule has 1 fully saturated rings. The van der Waals surface area contributed by atoms with Crippen molar-refractivity contribution in [3.05, 3.63) is 48.0 Å². The van der Waals surface area contributed by atoms with Crippen molar-refractivity contribution in [3.8, 4) is 0 Å². The van der Waals surface area contributed by atoms with Gasteiger partial charge in [0, 0.05) is 22.5 Å². The highest BCUT2D eigenvalue weighted by atomic mass is 32.2. The quantitative estimate of drug-likeness (QED) is 0.672. The highest BCUT2D eigenvalue weighted by Gasteiger charge is 2.26. The molecule has 100 valence electrons. The lowest BCUT2D eigenvalue weighted by Gasteiger charge is -2.30. The zero-order valence-corrected chi connectivity index (χ0v) is 12.3. The van der Waals surface area contributed by atoms with E-state index in [2.05, 4.69) is 47.9 Å². The van der Waals surface area contributed by atoms with Crippen molar-refractivity contribution in [2.45, 2.75) is 11.3 Å². The third-order valence-corrected chi connectivity index (χ3v) is 6.42. The number of nitrogens with one attached hydrogen (secondary N) is 1. The molecule has 0 aliphatic carbocycles. The largest absolute Gasteiger partial charge is 0.271 e. The number of thioether (sulfide) groups is 2. The molecule has 2 aromatic carbocycles. The fourth-order valence-corrected chi connectivity index (χ4v) is 5.46. The molecule has 2 unspecified atom stereocenters. The molecule has 0 saturated carbocycles. The van der Waals surface area contributed by atoms with E-state index in [1.165, 1.54) is 33.6 Å². The van der Waals surface area contributed by atoms with Crippen molar-refractivity contribution in [1.29, 1.82) is 0 Å². The Bertz CT molecular complexity index is 547. The second-order valence-electron chi connectivity index (χ2n) is 4.70. The summed E-state index contributed by atoms with van der Waals surface area (Å²) in [4.78, 5) is 0. The molecule has 0 spiro atoms. The Morgan fingerprint density at radius 2 is 1.95 bits per heavy atom. The Balaban J connectivity index is 2.00. The van der Waals surface area contributed by atoms with E-state index in [0.29, 0.717) is 5.25 Å². The van der Waals surface area contributed by atoms with Crippen LogP contribution < -0.4 is 11.3 Å². The van der Waals surface area contributed by atoms with Gasteiger partial charge in [-0.05, 0) is 16.3 Å². The van der Waals surface area contributed by atoms with Crippen LogP contribution in [0.15, 0.2) is 42.5 Å². The lowest BCUT2D eigenvalue weighted by molar-refractivity contribution is 0.556. The maximum atomic E-state index is 5.85. The molecule has 0 amide bonds. The molecule has 3 rings (SSSR count). The fourth-order valence-electron chi connectivity index (χ4n) is 2.62. The van der Waals surface area contributed by atoms with Crippen LogP contribution >= 0.6 is 23.5 Å². The molecule has 0 bridgehead atoms. The Labute approximate surface area is 122 Å². The summed E-state index contributed by atoms with van der Waals surface area (Å²) in [7, 11) is 0. The van der Waals surface area contributed by atoms with Crippen molar-refractivity contribution >= 4 is 34.3 Å². The number of hydrazine groups is 1. The summed E-state index contributed by atoms with van der Waals surface area (Å²) in [5.41, 5.74) is 4.37. The van der Waals surface area contributed by atoms with Crippen LogP contribution in [0.25, 0.3) is 10.8 Å². The molecule has 1 aliphatic heterocycles. The van der Waals surface area contributed by atoms with E-state index >= 15 is 0 Å². The molecule has 1 heterocycles. The molecule has 19 heavy (non-hydrogen) atoms. The number of benzene rings is 2. The molecule has 2 aromatic rings. The Morgan fingerprint density at radius 3 is 2.74 bits per heavy atom. The van der Waals surface area contributed by atoms with E-state index in [9.17, 15) is 0 Å². The summed E-state index contributed by atoms with van der Waals surface area (Å²) < 4.78 is 0. The van der Waals surface area contributed by atoms with E-state index in [1.807, 2.05) is 23.5 Å². The minimum atomic E-state index is 0.226. The van der Waals surface area contributed by atoms with Gasteiger partial charge in [0.2, 0.25) is 0 Å². The average molecular weight is 290 g/mol. The summed E-state index contributed by atoms with van der Waals surface area (Å²) in [6.07, 6.45) is 0. The number of rotatable bonds is 3. The van der Waals surface area contributed by atoms with E-state index in [-0.39, 0.29) is 6.04 Å². The van der Waals surface area contributed by atoms with Crippen molar-refractivity contribution in [3.63, 3.8) is 0 Å². The van der Waals surface area contributed by atoms with Gasteiger partial charge in [0.25, 0.3) is 0 Å². The zero-order valence-electron chi connectivity index (χ0n) is 10.7. The monoisotopic (exact) mass is 290 g/mol. The Morgan fingerprint density at radius 1 is 1.11 bits per heavy atom. The predicted octanol–water partition coefficient (Wildman–Crippen LogP) is 3.19. The summed E-state index contributed by atoms with van der Waals surface area (Å²) >= 11 is 4.07. The number of hydrogen-bond acceptors (Lipinski definition) is 4. The minimum Gasteiger partial charge on any atom is -0.271 e. The molecule has 3 N–H and O–H groups in total. The van der Waals surface area contributed by atoms with Crippen LogP contribution in [0, 0.1) is 0 Å². The van der Waals surface area contributed by atoms with Gasteiger partial charge in [-0.25, -0.2) is 0 Å². The van der Waals surface area contributed by atoms with E-state index < -0.39 is 0 Å². The maximum Gasteiger partial charge on any atom is 0.0592 e. The van der Waals surface area contributed by atoms with Gasteiger partial charge in [-0.2, -0.15) is 23.5 Å².